The van der Waals surface area contributed by atoms with Gasteiger partial charge in [0.1, 0.15) is 5.76 Å². The van der Waals surface area contributed by atoms with Gasteiger partial charge in [-0.05, 0) is 41.1 Å². The number of halogens is 1. The molecule has 1 fully saturated rings. The van der Waals surface area contributed by atoms with Crippen molar-refractivity contribution in [3.05, 3.63) is 52.2 Å². The summed E-state index contributed by atoms with van der Waals surface area (Å²) in [4.78, 5) is 14.9. The van der Waals surface area contributed by atoms with Crippen molar-refractivity contribution in [2.75, 3.05) is 36.2 Å². The van der Waals surface area contributed by atoms with Crippen LogP contribution in [0.4, 0.5) is 11.6 Å². The summed E-state index contributed by atoms with van der Waals surface area (Å²) in [5.74, 6) is 1.22. The maximum absolute atomic E-state index is 12.8. The van der Waals surface area contributed by atoms with E-state index in [1.54, 1.807) is 6.08 Å². The number of hydrazone groups is 1. The van der Waals surface area contributed by atoms with Crippen LogP contribution in [0.15, 0.2) is 56.0 Å². The van der Waals surface area contributed by atoms with Crippen molar-refractivity contribution < 1.29 is 13.9 Å². The van der Waals surface area contributed by atoms with Gasteiger partial charge in [-0.25, -0.2) is 0 Å². The number of hydrogen-bond acceptors (Lipinski definition) is 5. The fraction of sp³-hybridized carbons (Fsp3) is 0.263. The third-order valence-corrected chi connectivity index (χ3v) is 4.90. The van der Waals surface area contributed by atoms with Crippen LogP contribution in [0.1, 0.15) is 12.7 Å². The number of benzene rings is 1. The van der Waals surface area contributed by atoms with E-state index in [1.165, 1.54) is 5.01 Å². The number of para-hydroxylation sites is 1. The second-order valence-corrected chi connectivity index (χ2v) is 6.95. The van der Waals surface area contributed by atoms with Gasteiger partial charge in [-0.3, -0.25) is 4.79 Å². The minimum absolute atomic E-state index is 0.158. The average molecular weight is 416 g/mol. The molecule has 2 aliphatic heterocycles. The standard InChI is InChI=1S/C19H18BrN3O3/c1-13-16(18(24)23(21-13)14-5-3-2-4-6-14)11-15-12-17(20)19(26-15)22-7-9-25-10-8-22/h2-6,11-12H,7-10H2,1H3/b16-11+. The minimum Gasteiger partial charge on any atom is -0.440 e. The van der Waals surface area contributed by atoms with Gasteiger partial charge in [0.05, 0.1) is 34.7 Å². The summed E-state index contributed by atoms with van der Waals surface area (Å²) in [6.45, 7) is 4.75. The van der Waals surface area contributed by atoms with E-state index in [2.05, 4.69) is 25.9 Å². The molecule has 4 rings (SSSR count). The van der Waals surface area contributed by atoms with Gasteiger partial charge in [0.2, 0.25) is 5.88 Å². The van der Waals surface area contributed by atoms with E-state index in [0.29, 0.717) is 30.3 Å². The number of rotatable bonds is 3. The van der Waals surface area contributed by atoms with Gasteiger partial charge in [0, 0.05) is 19.2 Å². The smallest absolute Gasteiger partial charge is 0.280 e. The van der Waals surface area contributed by atoms with Crippen LogP contribution in [-0.2, 0) is 9.53 Å². The maximum atomic E-state index is 12.8. The Morgan fingerprint density at radius 3 is 2.65 bits per heavy atom. The number of morpholine rings is 1. The van der Waals surface area contributed by atoms with Gasteiger partial charge in [0.25, 0.3) is 5.91 Å². The lowest BCUT2D eigenvalue weighted by atomic mass is 10.1. The number of hydrogen-bond donors (Lipinski definition) is 0. The summed E-state index contributed by atoms with van der Waals surface area (Å²) in [6.07, 6.45) is 1.75. The van der Waals surface area contributed by atoms with E-state index < -0.39 is 0 Å². The Morgan fingerprint density at radius 1 is 1.19 bits per heavy atom. The number of carbonyl (C=O) groups is 1. The van der Waals surface area contributed by atoms with Gasteiger partial charge < -0.3 is 14.1 Å². The zero-order chi connectivity index (χ0) is 18.1. The number of furan rings is 1. The second kappa shape index (κ2) is 7.09. The molecule has 2 aliphatic rings. The fourth-order valence-corrected chi connectivity index (χ4v) is 3.56. The van der Waals surface area contributed by atoms with Crippen molar-refractivity contribution in [1.29, 1.82) is 0 Å². The highest BCUT2D eigenvalue weighted by Crippen LogP contribution is 2.33. The lowest BCUT2D eigenvalue weighted by Gasteiger charge is -2.26. The first-order valence-corrected chi connectivity index (χ1v) is 9.21. The predicted octanol–water partition coefficient (Wildman–Crippen LogP) is 3.68. The monoisotopic (exact) mass is 415 g/mol. The summed E-state index contributed by atoms with van der Waals surface area (Å²) in [7, 11) is 0. The van der Waals surface area contributed by atoms with E-state index in [9.17, 15) is 4.79 Å². The topological polar surface area (TPSA) is 58.3 Å². The molecule has 0 N–H and O–H groups in total. The van der Waals surface area contributed by atoms with Crippen molar-refractivity contribution in [2.45, 2.75) is 6.92 Å². The quantitative estimate of drug-likeness (QED) is 0.717. The second-order valence-electron chi connectivity index (χ2n) is 6.10. The van der Waals surface area contributed by atoms with Crippen LogP contribution in [0.5, 0.6) is 0 Å². The van der Waals surface area contributed by atoms with Crippen LogP contribution in [-0.4, -0.2) is 37.9 Å². The molecule has 1 saturated heterocycles. The van der Waals surface area contributed by atoms with E-state index in [0.717, 1.165) is 29.1 Å². The summed E-state index contributed by atoms with van der Waals surface area (Å²) < 4.78 is 12.2. The van der Waals surface area contributed by atoms with Gasteiger partial charge in [-0.1, -0.05) is 18.2 Å². The van der Waals surface area contributed by atoms with Crippen LogP contribution in [0, 0.1) is 0 Å². The van der Waals surface area contributed by atoms with E-state index in [1.807, 2.05) is 43.3 Å². The Bertz CT molecular complexity index is 883. The fourth-order valence-electron chi connectivity index (χ4n) is 3.00. The molecule has 0 spiro atoms. The van der Waals surface area contributed by atoms with Gasteiger partial charge in [-0.2, -0.15) is 10.1 Å². The molecular formula is C19H18BrN3O3. The summed E-state index contributed by atoms with van der Waals surface area (Å²) in [5.41, 5.74) is 1.94. The first kappa shape index (κ1) is 17.1. The molecule has 1 aromatic heterocycles. The maximum Gasteiger partial charge on any atom is 0.280 e. The zero-order valence-corrected chi connectivity index (χ0v) is 15.9. The highest BCUT2D eigenvalue weighted by atomic mass is 79.9. The van der Waals surface area contributed by atoms with E-state index in [-0.39, 0.29) is 5.91 Å². The molecule has 1 amide bonds. The third-order valence-electron chi connectivity index (χ3n) is 4.34. The Kier molecular flexibility index (Phi) is 4.65. The van der Waals surface area contributed by atoms with Crippen LogP contribution in [0.2, 0.25) is 0 Å². The van der Waals surface area contributed by atoms with Crippen molar-refractivity contribution in [3.63, 3.8) is 0 Å². The van der Waals surface area contributed by atoms with Gasteiger partial charge >= 0.3 is 0 Å². The molecule has 0 atom stereocenters. The molecule has 0 aliphatic carbocycles. The molecule has 134 valence electrons. The number of carbonyl (C=O) groups excluding carboxylic acids is 1. The number of anilines is 2. The predicted molar refractivity (Wildman–Crippen MR) is 104 cm³/mol. The average Bonchev–Trinajstić information content (AvgIpc) is 3.17. The molecule has 0 unspecified atom stereocenters. The largest absolute Gasteiger partial charge is 0.440 e. The molecule has 7 heteroatoms. The molecule has 0 saturated carbocycles. The summed E-state index contributed by atoms with van der Waals surface area (Å²) in [6, 6.07) is 11.3. The molecule has 26 heavy (non-hydrogen) atoms. The highest BCUT2D eigenvalue weighted by Gasteiger charge is 2.29. The molecule has 0 bridgehead atoms. The van der Waals surface area contributed by atoms with E-state index >= 15 is 0 Å². The molecule has 0 radical (unpaired) electrons. The Hall–Kier alpha value is -2.38. The Morgan fingerprint density at radius 2 is 1.92 bits per heavy atom. The Balaban J connectivity index is 1.61. The van der Waals surface area contributed by atoms with Crippen molar-refractivity contribution in [1.82, 2.24) is 0 Å². The van der Waals surface area contributed by atoms with Crippen LogP contribution >= 0.6 is 15.9 Å². The molecule has 3 heterocycles. The van der Waals surface area contributed by atoms with Crippen molar-refractivity contribution >= 4 is 45.2 Å². The summed E-state index contributed by atoms with van der Waals surface area (Å²) in [5, 5.41) is 5.81. The highest BCUT2D eigenvalue weighted by molar-refractivity contribution is 9.10. The normalized spacial score (nSPS) is 19.4. The minimum atomic E-state index is -0.158. The lowest BCUT2D eigenvalue weighted by Crippen LogP contribution is -2.36. The molecular weight excluding hydrogens is 398 g/mol. The first-order valence-electron chi connectivity index (χ1n) is 8.42. The molecule has 6 nitrogen and oxygen atoms in total. The SMILES string of the molecule is CC1=NN(c2ccccc2)C(=O)/C1=C/c1cc(Br)c(N2CCOCC2)o1. The lowest BCUT2D eigenvalue weighted by molar-refractivity contribution is -0.114. The first-order chi connectivity index (χ1) is 12.6. The van der Waals surface area contributed by atoms with Crippen molar-refractivity contribution in [2.24, 2.45) is 5.10 Å². The Labute approximate surface area is 159 Å². The number of amides is 1. The van der Waals surface area contributed by atoms with Crippen LogP contribution < -0.4 is 9.91 Å². The molecule has 2 aromatic rings. The third kappa shape index (κ3) is 3.20. The molecule has 1 aromatic carbocycles. The summed E-state index contributed by atoms with van der Waals surface area (Å²) >= 11 is 3.55. The van der Waals surface area contributed by atoms with Crippen molar-refractivity contribution in [3.8, 4) is 0 Å². The van der Waals surface area contributed by atoms with Gasteiger partial charge in [0.15, 0.2) is 0 Å². The van der Waals surface area contributed by atoms with E-state index in [4.69, 9.17) is 9.15 Å². The zero-order valence-electron chi connectivity index (χ0n) is 14.3. The number of nitrogens with zero attached hydrogens (tertiary/aromatic N) is 3. The van der Waals surface area contributed by atoms with Crippen LogP contribution in [0.25, 0.3) is 6.08 Å². The van der Waals surface area contributed by atoms with Crippen LogP contribution in [0.3, 0.4) is 0 Å². The van der Waals surface area contributed by atoms with Gasteiger partial charge in [-0.15, -0.1) is 0 Å². The number of ether oxygens (including phenoxy) is 1.